The molecule has 1 unspecified atom stereocenters. The van der Waals surface area contributed by atoms with Gasteiger partial charge in [-0.3, -0.25) is 0 Å². The maximum atomic E-state index is 10.9. The molecule has 0 bridgehead atoms. The van der Waals surface area contributed by atoms with Gasteiger partial charge in [-0.2, -0.15) is 0 Å². The van der Waals surface area contributed by atoms with E-state index in [0.29, 0.717) is 0 Å². The third-order valence-corrected chi connectivity index (χ3v) is 3.81. The largest absolute Gasteiger partial charge is 0.495 e. The zero-order valence-electron chi connectivity index (χ0n) is 10.2. The molecule has 1 heterocycles. The lowest BCUT2D eigenvalue weighted by atomic mass is 9.91. The Labute approximate surface area is 102 Å². The first-order chi connectivity index (χ1) is 8.20. The van der Waals surface area contributed by atoms with E-state index in [2.05, 4.69) is 31.2 Å². The summed E-state index contributed by atoms with van der Waals surface area (Å²) in [6, 6.07) is 6.34. The van der Waals surface area contributed by atoms with Crippen molar-refractivity contribution in [3.8, 4) is 0 Å². The monoisotopic (exact) mass is 230 g/mol. The van der Waals surface area contributed by atoms with Gasteiger partial charge in [-0.25, -0.2) is 0 Å². The average molecular weight is 230 g/mol. The van der Waals surface area contributed by atoms with E-state index < -0.39 is 5.60 Å². The summed E-state index contributed by atoms with van der Waals surface area (Å²) in [5, 5.41) is 10.9. The molecule has 0 fully saturated rings. The second kappa shape index (κ2) is 3.88. The fourth-order valence-corrected chi connectivity index (χ4v) is 2.85. The fourth-order valence-electron chi connectivity index (χ4n) is 2.85. The molecule has 2 aliphatic rings. The van der Waals surface area contributed by atoms with E-state index >= 15 is 0 Å². The van der Waals surface area contributed by atoms with E-state index in [1.54, 1.807) is 0 Å². The molecule has 1 N–H and O–H groups in total. The van der Waals surface area contributed by atoms with Crippen LogP contribution in [0.2, 0.25) is 0 Å². The smallest absolute Gasteiger partial charge is 0.147 e. The van der Waals surface area contributed by atoms with Gasteiger partial charge in [-0.15, -0.1) is 0 Å². The van der Waals surface area contributed by atoms with E-state index in [9.17, 15) is 5.11 Å². The van der Waals surface area contributed by atoms with Gasteiger partial charge in [0.2, 0.25) is 0 Å². The molecule has 1 aromatic carbocycles. The van der Waals surface area contributed by atoms with Crippen molar-refractivity contribution in [2.75, 3.05) is 6.61 Å². The van der Waals surface area contributed by atoms with E-state index in [4.69, 9.17) is 4.74 Å². The van der Waals surface area contributed by atoms with E-state index in [0.717, 1.165) is 43.6 Å². The highest BCUT2D eigenvalue weighted by molar-refractivity contribution is 5.44. The predicted octanol–water partition coefficient (Wildman–Crippen LogP) is 2.82. The van der Waals surface area contributed by atoms with Gasteiger partial charge in [-0.1, -0.05) is 23.8 Å². The van der Waals surface area contributed by atoms with Gasteiger partial charge in [0, 0.05) is 0 Å². The molecule has 90 valence electrons. The molecule has 0 saturated carbocycles. The highest BCUT2D eigenvalue weighted by Gasteiger charge is 2.41. The number of fused-ring (bicyclic) bond motifs is 1. The van der Waals surface area contributed by atoms with Crippen molar-refractivity contribution >= 4 is 0 Å². The van der Waals surface area contributed by atoms with E-state index in [1.807, 2.05) is 0 Å². The number of rotatable bonds is 1. The summed E-state index contributed by atoms with van der Waals surface area (Å²) in [5.74, 6) is 0.771. The summed E-state index contributed by atoms with van der Waals surface area (Å²) in [5.41, 5.74) is 2.63. The lowest BCUT2D eigenvalue weighted by molar-refractivity contribution is 0.00187. The highest BCUT2D eigenvalue weighted by atomic mass is 16.5. The van der Waals surface area contributed by atoms with Gasteiger partial charge >= 0.3 is 0 Å². The van der Waals surface area contributed by atoms with Crippen molar-refractivity contribution in [2.24, 2.45) is 0 Å². The molecule has 0 spiro atoms. The second-order valence-corrected chi connectivity index (χ2v) is 5.08. The fraction of sp³-hybridized carbons (Fsp3) is 0.467. The quantitative estimate of drug-likeness (QED) is 0.804. The molecule has 1 aliphatic heterocycles. The molecular formula is C15H18O2. The van der Waals surface area contributed by atoms with Crippen LogP contribution in [-0.4, -0.2) is 11.7 Å². The number of aliphatic hydroxyl groups is 1. The van der Waals surface area contributed by atoms with Gasteiger partial charge in [0.15, 0.2) is 0 Å². The average Bonchev–Trinajstić information content (AvgIpc) is 2.70. The molecule has 1 aromatic rings. The SMILES string of the molecule is Cc1ccc2c(c1)C(O)(C1=CCCCO1)CC2. The Morgan fingerprint density at radius 3 is 3.00 bits per heavy atom. The maximum absolute atomic E-state index is 10.9. The molecule has 0 amide bonds. The van der Waals surface area contributed by atoms with Crippen molar-refractivity contribution in [3.05, 3.63) is 46.7 Å². The van der Waals surface area contributed by atoms with Gasteiger partial charge < -0.3 is 9.84 Å². The Kier molecular flexibility index (Phi) is 2.48. The van der Waals surface area contributed by atoms with Gasteiger partial charge in [0.1, 0.15) is 11.4 Å². The number of hydrogen-bond acceptors (Lipinski definition) is 2. The molecule has 17 heavy (non-hydrogen) atoms. The first-order valence-electron chi connectivity index (χ1n) is 6.36. The minimum atomic E-state index is -0.873. The number of allylic oxidation sites excluding steroid dienone is 1. The van der Waals surface area contributed by atoms with E-state index in [-0.39, 0.29) is 0 Å². The Hall–Kier alpha value is -1.28. The third kappa shape index (κ3) is 1.67. The molecule has 1 aliphatic carbocycles. The molecule has 1 atom stereocenters. The lowest BCUT2D eigenvalue weighted by Gasteiger charge is -2.29. The molecule has 2 heteroatoms. The highest BCUT2D eigenvalue weighted by Crippen LogP contribution is 2.43. The van der Waals surface area contributed by atoms with E-state index in [1.165, 1.54) is 11.1 Å². The van der Waals surface area contributed by atoms with Crippen molar-refractivity contribution < 1.29 is 9.84 Å². The molecule has 0 radical (unpaired) electrons. The minimum Gasteiger partial charge on any atom is -0.495 e. The third-order valence-electron chi connectivity index (χ3n) is 3.81. The first kappa shape index (κ1) is 10.8. The van der Waals surface area contributed by atoms with Crippen LogP contribution in [0.25, 0.3) is 0 Å². The van der Waals surface area contributed by atoms with Crippen LogP contribution in [0.3, 0.4) is 0 Å². The first-order valence-corrected chi connectivity index (χ1v) is 6.36. The maximum Gasteiger partial charge on any atom is 0.147 e. The Balaban J connectivity index is 2.06. The summed E-state index contributed by atoms with van der Waals surface area (Å²) in [4.78, 5) is 0. The van der Waals surface area contributed by atoms with Gasteiger partial charge in [-0.05, 0) is 49.8 Å². The van der Waals surface area contributed by atoms with Crippen LogP contribution in [-0.2, 0) is 16.8 Å². The molecule has 0 saturated heterocycles. The van der Waals surface area contributed by atoms with Crippen molar-refractivity contribution in [2.45, 2.75) is 38.2 Å². The summed E-state index contributed by atoms with van der Waals surface area (Å²) >= 11 is 0. The van der Waals surface area contributed by atoms with Crippen LogP contribution in [0.1, 0.15) is 36.0 Å². The molecular weight excluding hydrogens is 212 g/mol. The summed E-state index contributed by atoms with van der Waals surface area (Å²) in [7, 11) is 0. The van der Waals surface area contributed by atoms with Crippen molar-refractivity contribution in [1.82, 2.24) is 0 Å². The standard InChI is InChI=1S/C15H18O2/c1-11-5-6-12-7-8-15(16,13(12)10-11)14-4-2-3-9-17-14/h4-6,10,16H,2-3,7-9H2,1H3. The van der Waals surface area contributed by atoms with Crippen LogP contribution in [0.4, 0.5) is 0 Å². The van der Waals surface area contributed by atoms with Crippen LogP contribution in [0.15, 0.2) is 30.0 Å². The molecule has 3 rings (SSSR count). The Morgan fingerprint density at radius 1 is 1.35 bits per heavy atom. The normalized spacial score (nSPS) is 27.3. The second-order valence-electron chi connectivity index (χ2n) is 5.08. The number of ether oxygens (including phenoxy) is 1. The van der Waals surface area contributed by atoms with Crippen LogP contribution in [0, 0.1) is 6.92 Å². The minimum absolute atomic E-state index is 0.731. The van der Waals surface area contributed by atoms with Crippen molar-refractivity contribution in [1.29, 1.82) is 0 Å². The van der Waals surface area contributed by atoms with Gasteiger partial charge in [0.05, 0.1) is 6.61 Å². The molecule has 0 aromatic heterocycles. The number of aryl methyl sites for hydroxylation is 2. The van der Waals surface area contributed by atoms with Gasteiger partial charge in [0.25, 0.3) is 0 Å². The number of hydrogen-bond donors (Lipinski definition) is 1. The topological polar surface area (TPSA) is 29.5 Å². The van der Waals surface area contributed by atoms with Crippen LogP contribution in [0.5, 0.6) is 0 Å². The summed E-state index contributed by atoms with van der Waals surface area (Å²) in [6.07, 6.45) is 5.81. The van der Waals surface area contributed by atoms with Crippen molar-refractivity contribution in [3.63, 3.8) is 0 Å². The zero-order chi connectivity index (χ0) is 11.9. The molecule has 2 nitrogen and oxygen atoms in total. The van der Waals surface area contributed by atoms with Crippen LogP contribution < -0.4 is 0 Å². The zero-order valence-corrected chi connectivity index (χ0v) is 10.2. The number of benzene rings is 1. The Bertz CT molecular complexity index is 476. The Morgan fingerprint density at radius 2 is 2.24 bits per heavy atom. The lowest BCUT2D eigenvalue weighted by Crippen LogP contribution is -2.28. The summed E-state index contributed by atoms with van der Waals surface area (Å²) < 4.78 is 5.67. The van der Waals surface area contributed by atoms with Crippen LogP contribution >= 0.6 is 0 Å². The summed E-state index contributed by atoms with van der Waals surface area (Å²) in [6.45, 7) is 2.80. The predicted molar refractivity (Wildman–Crippen MR) is 66.7 cm³/mol.